The zero-order valence-corrected chi connectivity index (χ0v) is 16.0. The summed E-state index contributed by atoms with van der Waals surface area (Å²) in [5.41, 5.74) is 3.41. The van der Waals surface area contributed by atoms with E-state index in [4.69, 9.17) is 16.7 Å². The van der Waals surface area contributed by atoms with E-state index in [0.29, 0.717) is 32.5 Å². The number of carbonyl (C=O) groups is 2. The summed E-state index contributed by atoms with van der Waals surface area (Å²) in [6, 6.07) is 12.6. The number of aliphatic hydroxyl groups excluding tert-OH is 1. The number of benzene rings is 2. The first kappa shape index (κ1) is 18.7. The average molecular weight is 388 g/mol. The van der Waals surface area contributed by atoms with Crippen LogP contribution in [0.4, 0.5) is 5.69 Å². The van der Waals surface area contributed by atoms with Gasteiger partial charge in [-0.15, -0.1) is 11.8 Å². The molecule has 2 aromatic carbocycles. The van der Waals surface area contributed by atoms with E-state index in [2.05, 4.69) is 0 Å². The fourth-order valence-corrected chi connectivity index (χ4v) is 3.94. The molecule has 2 amide bonds. The standard InChI is InChI=1S/C20H18ClNO3S/c1-12-3-5-14(6-4-12)17-18(26-10-9-23)20(25)22(19(17)24)16-8-7-15(21)11-13(16)2/h3-8,11,23H,9-10H2,1-2H3. The maximum Gasteiger partial charge on any atom is 0.272 e. The van der Waals surface area contributed by atoms with Gasteiger partial charge in [0.25, 0.3) is 11.8 Å². The van der Waals surface area contributed by atoms with E-state index in [0.717, 1.165) is 11.1 Å². The van der Waals surface area contributed by atoms with E-state index in [1.165, 1.54) is 16.7 Å². The average Bonchev–Trinajstić information content (AvgIpc) is 2.85. The number of hydrogen-bond acceptors (Lipinski definition) is 4. The van der Waals surface area contributed by atoms with Crippen LogP contribution < -0.4 is 4.90 Å². The summed E-state index contributed by atoms with van der Waals surface area (Å²) in [6.45, 7) is 3.70. The molecule has 1 N–H and O–H groups in total. The molecule has 1 heterocycles. The number of rotatable bonds is 5. The Balaban J connectivity index is 2.09. The molecule has 0 spiro atoms. The van der Waals surface area contributed by atoms with Crippen LogP contribution in [0.15, 0.2) is 47.4 Å². The van der Waals surface area contributed by atoms with E-state index in [9.17, 15) is 9.59 Å². The van der Waals surface area contributed by atoms with Crippen LogP contribution >= 0.6 is 23.4 Å². The Morgan fingerprint density at radius 2 is 1.73 bits per heavy atom. The van der Waals surface area contributed by atoms with Gasteiger partial charge in [-0.05, 0) is 43.2 Å². The molecule has 2 aromatic rings. The van der Waals surface area contributed by atoms with E-state index in [1.807, 2.05) is 38.1 Å². The Labute approximate surface area is 161 Å². The van der Waals surface area contributed by atoms with Crippen molar-refractivity contribution in [2.45, 2.75) is 13.8 Å². The number of thioether (sulfide) groups is 1. The second-order valence-corrected chi connectivity index (χ2v) is 7.56. The molecule has 0 radical (unpaired) electrons. The number of nitrogens with zero attached hydrogens (tertiary/aromatic N) is 1. The molecular weight excluding hydrogens is 370 g/mol. The highest BCUT2D eigenvalue weighted by atomic mass is 35.5. The maximum absolute atomic E-state index is 13.2. The van der Waals surface area contributed by atoms with Crippen LogP contribution in [0, 0.1) is 13.8 Å². The summed E-state index contributed by atoms with van der Waals surface area (Å²) in [6.07, 6.45) is 0. The first-order valence-electron chi connectivity index (χ1n) is 8.14. The predicted octanol–water partition coefficient (Wildman–Crippen LogP) is 3.97. The summed E-state index contributed by atoms with van der Waals surface area (Å²) in [7, 11) is 0. The predicted molar refractivity (Wildman–Crippen MR) is 106 cm³/mol. The van der Waals surface area contributed by atoms with E-state index >= 15 is 0 Å². The molecule has 6 heteroatoms. The topological polar surface area (TPSA) is 57.6 Å². The molecule has 0 aliphatic carbocycles. The molecule has 0 atom stereocenters. The van der Waals surface area contributed by atoms with Gasteiger partial charge in [0.15, 0.2) is 0 Å². The number of aliphatic hydroxyl groups is 1. The van der Waals surface area contributed by atoms with Gasteiger partial charge in [-0.3, -0.25) is 9.59 Å². The van der Waals surface area contributed by atoms with Gasteiger partial charge in [0.05, 0.1) is 22.8 Å². The van der Waals surface area contributed by atoms with Gasteiger partial charge in [-0.25, -0.2) is 4.90 Å². The number of anilines is 1. The van der Waals surface area contributed by atoms with Crippen molar-refractivity contribution in [2.75, 3.05) is 17.3 Å². The van der Waals surface area contributed by atoms with E-state index in [1.54, 1.807) is 18.2 Å². The lowest BCUT2D eigenvalue weighted by Crippen LogP contribution is -2.32. The third-order valence-electron chi connectivity index (χ3n) is 4.12. The minimum absolute atomic E-state index is 0.0726. The third-order valence-corrected chi connectivity index (χ3v) is 5.41. The van der Waals surface area contributed by atoms with E-state index < -0.39 is 0 Å². The molecule has 26 heavy (non-hydrogen) atoms. The summed E-state index contributed by atoms with van der Waals surface area (Å²) in [5, 5.41) is 9.71. The van der Waals surface area contributed by atoms with Crippen molar-refractivity contribution in [3.63, 3.8) is 0 Å². The molecule has 0 fully saturated rings. The molecule has 0 saturated heterocycles. The molecule has 4 nitrogen and oxygen atoms in total. The quantitative estimate of drug-likeness (QED) is 0.789. The molecule has 1 aliphatic rings. The summed E-state index contributed by atoms with van der Waals surface area (Å²) < 4.78 is 0. The van der Waals surface area contributed by atoms with Gasteiger partial charge >= 0.3 is 0 Å². The van der Waals surface area contributed by atoms with Gasteiger partial charge in [0.2, 0.25) is 0 Å². The first-order valence-corrected chi connectivity index (χ1v) is 9.50. The van der Waals surface area contributed by atoms with Crippen molar-refractivity contribution in [1.82, 2.24) is 0 Å². The fourth-order valence-electron chi connectivity index (χ4n) is 2.85. The molecule has 3 rings (SSSR count). The smallest absolute Gasteiger partial charge is 0.272 e. The van der Waals surface area contributed by atoms with Crippen molar-refractivity contribution in [2.24, 2.45) is 0 Å². The van der Waals surface area contributed by atoms with Crippen LogP contribution in [0.2, 0.25) is 5.02 Å². The highest BCUT2D eigenvalue weighted by Gasteiger charge is 2.40. The van der Waals surface area contributed by atoms with Crippen LogP contribution in [-0.2, 0) is 9.59 Å². The van der Waals surface area contributed by atoms with Crippen molar-refractivity contribution in [3.05, 3.63) is 69.1 Å². The normalized spacial score (nSPS) is 14.5. The third kappa shape index (κ3) is 3.43. The van der Waals surface area contributed by atoms with Crippen LogP contribution in [0.5, 0.6) is 0 Å². The lowest BCUT2D eigenvalue weighted by Gasteiger charge is -2.18. The number of hydrogen-bond donors (Lipinski definition) is 1. The molecule has 134 valence electrons. The van der Waals surface area contributed by atoms with Crippen molar-refractivity contribution in [3.8, 4) is 0 Å². The largest absolute Gasteiger partial charge is 0.396 e. The number of imide groups is 1. The molecule has 0 unspecified atom stereocenters. The zero-order valence-electron chi connectivity index (χ0n) is 14.5. The zero-order chi connectivity index (χ0) is 18.8. The number of aryl methyl sites for hydroxylation is 2. The Morgan fingerprint density at radius 1 is 1.04 bits per heavy atom. The number of amides is 2. The van der Waals surface area contributed by atoms with Crippen LogP contribution in [0.1, 0.15) is 16.7 Å². The number of carbonyl (C=O) groups excluding carboxylic acids is 2. The van der Waals surface area contributed by atoms with Gasteiger partial charge in [0, 0.05) is 10.8 Å². The van der Waals surface area contributed by atoms with Crippen molar-refractivity contribution in [1.29, 1.82) is 0 Å². The van der Waals surface area contributed by atoms with Gasteiger partial charge in [0.1, 0.15) is 0 Å². The van der Waals surface area contributed by atoms with Crippen LogP contribution in [-0.4, -0.2) is 29.3 Å². The Kier molecular flexibility index (Phi) is 5.51. The first-order chi connectivity index (χ1) is 12.4. The molecule has 0 saturated carbocycles. The fraction of sp³-hybridized carbons (Fsp3) is 0.200. The van der Waals surface area contributed by atoms with Gasteiger partial charge in [-0.2, -0.15) is 0 Å². The van der Waals surface area contributed by atoms with Crippen LogP contribution in [0.3, 0.4) is 0 Å². The molecule has 0 aromatic heterocycles. The minimum Gasteiger partial charge on any atom is -0.396 e. The summed E-state index contributed by atoms with van der Waals surface area (Å²) in [4.78, 5) is 27.7. The highest BCUT2D eigenvalue weighted by molar-refractivity contribution is 8.04. The van der Waals surface area contributed by atoms with Gasteiger partial charge < -0.3 is 5.11 Å². The Morgan fingerprint density at radius 3 is 2.35 bits per heavy atom. The van der Waals surface area contributed by atoms with Crippen molar-refractivity contribution >= 4 is 46.4 Å². The Bertz CT molecular complexity index is 906. The number of halogens is 1. The lowest BCUT2D eigenvalue weighted by atomic mass is 10.0. The molecular formula is C20H18ClNO3S. The summed E-state index contributed by atoms with van der Waals surface area (Å²) in [5.74, 6) is -0.379. The Hall–Kier alpha value is -2.08. The lowest BCUT2D eigenvalue weighted by molar-refractivity contribution is -0.119. The second-order valence-electron chi connectivity index (χ2n) is 6.02. The second kappa shape index (κ2) is 7.66. The molecule has 0 bridgehead atoms. The van der Waals surface area contributed by atoms with Crippen LogP contribution in [0.25, 0.3) is 5.57 Å². The minimum atomic E-state index is -0.366. The van der Waals surface area contributed by atoms with E-state index in [-0.39, 0.29) is 18.4 Å². The van der Waals surface area contributed by atoms with Crippen molar-refractivity contribution < 1.29 is 14.7 Å². The highest BCUT2D eigenvalue weighted by Crippen LogP contribution is 2.39. The van der Waals surface area contributed by atoms with Gasteiger partial charge in [-0.1, -0.05) is 41.4 Å². The molecule has 1 aliphatic heterocycles. The summed E-state index contributed by atoms with van der Waals surface area (Å²) >= 11 is 7.20. The monoisotopic (exact) mass is 387 g/mol. The maximum atomic E-state index is 13.2. The SMILES string of the molecule is Cc1ccc(C2=C(SCCO)C(=O)N(c3ccc(Cl)cc3C)C2=O)cc1.